The molecule has 0 fully saturated rings. The lowest BCUT2D eigenvalue weighted by Gasteiger charge is -2.13. The van der Waals surface area contributed by atoms with E-state index in [1.807, 2.05) is 13.0 Å². The molecule has 1 unspecified atom stereocenters. The third-order valence-corrected chi connectivity index (χ3v) is 3.40. The monoisotopic (exact) mass is 318 g/mol. The van der Waals surface area contributed by atoms with Crippen LogP contribution >= 0.6 is 27.5 Å². The zero-order valence-corrected chi connectivity index (χ0v) is 12.0. The van der Waals surface area contributed by atoms with Crippen LogP contribution in [-0.4, -0.2) is 12.5 Å². The zero-order chi connectivity index (χ0) is 12.8. The van der Waals surface area contributed by atoms with Crippen molar-refractivity contribution in [1.82, 2.24) is 0 Å². The molecule has 0 radical (unpaired) electrons. The molecule has 3 nitrogen and oxygen atoms in total. The van der Waals surface area contributed by atoms with Gasteiger partial charge < -0.3 is 11.1 Å². The van der Waals surface area contributed by atoms with Crippen molar-refractivity contribution in [3.8, 4) is 0 Å². The summed E-state index contributed by atoms with van der Waals surface area (Å²) in [6.45, 7) is 2.50. The minimum Gasteiger partial charge on any atom is -0.330 e. The van der Waals surface area contributed by atoms with Crippen molar-refractivity contribution in [2.75, 3.05) is 11.9 Å². The Balaban J connectivity index is 2.64. The molecule has 0 aliphatic heterocycles. The van der Waals surface area contributed by atoms with Crippen molar-refractivity contribution >= 4 is 39.1 Å². The van der Waals surface area contributed by atoms with Crippen LogP contribution in [0.4, 0.5) is 5.69 Å². The van der Waals surface area contributed by atoms with Gasteiger partial charge in [0.1, 0.15) is 0 Å². The van der Waals surface area contributed by atoms with E-state index in [0.29, 0.717) is 17.3 Å². The molecule has 0 spiro atoms. The Labute approximate surface area is 115 Å². The van der Waals surface area contributed by atoms with Crippen LogP contribution in [0.3, 0.4) is 0 Å². The van der Waals surface area contributed by atoms with Crippen LogP contribution in [0.5, 0.6) is 0 Å². The van der Waals surface area contributed by atoms with Crippen molar-refractivity contribution in [3.05, 3.63) is 27.7 Å². The normalized spacial score (nSPS) is 12.2. The maximum absolute atomic E-state index is 11.9. The number of anilines is 1. The van der Waals surface area contributed by atoms with Crippen LogP contribution in [0.2, 0.25) is 5.02 Å². The lowest BCUT2D eigenvalue weighted by Crippen LogP contribution is -2.21. The standard InChI is InChI=1S/C12H16BrClN2O/c1-8(3-2-6-15)12(17)16-11-7-9(14)4-5-10(11)13/h4-5,7-8H,2-3,6,15H2,1H3,(H,16,17). The van der Waals surface area contributed by atoms with Gasteiger partial charge in [0.15, 0.2) is 0 Å². The molecule has 0 aliphatic carbocycles. The van der Waals surface area contributed by atoms with Crippen LogP contribution < -0.4 is 11.1 Å². The molecule has 3 N–H and O–H groups in total. The first kappa shape index (κ1) is 14.5. The average Bonchev–Trinajstić information content (AvgIpc) is 2.30. The Morgan fingerprint density at radius 3 is 2.94 bits per heavy atom. The van der Waals surface area contributed by atoms with Gasteiger partial charge in [0, 0.05) is 15.4 Å². The van der Waals surface area contributed by atoms with Crippen molar-refractivity contribution in [1.29, 1.82) is 0 Å². The molecule has 0 saturated carbocycles. The number of hydrogen-bond donors (Lipinski definition) is 2. The summed E-state index contributed by atoms with van der Waals surface area (Å²) in [6, 6.07) is 5.29. The summed E-state index contributed by atoms with van der Waals surface area (Å²) in [5, 5.41) is 3.44. The molecule has 1 aromatic carbocycles. The first-order valence-electron chi connectivity index (χ1n) is 5.50. The molecule has 1 amide bonds. The second kappa shape index (κ2) is 6.99. The maximum atomic E-state index is 11.9. The zero-order valence-electron chi connectivity index (χ0n) is 9.67. The molecule has 0 bridgehead atoms. The van der Waals surface area contributed by atoms with Gasteiger partial charge in [-0.1, -0.05) is 18.5 Å². The van der Waals surface area contributed by atoms with Crippen molar-refractivity contribution in [3.63, 3.8) is 0 Å². The number of hydrogen-bond acceptors (Lipinski definition) is 2. The van der Waals surface area contributed by atoms with Gasteiger partial charge in [-0.2, -0.15) is 0 Å². The van der Waals surface area contributed by atoms with E-state index in [-0.39, 0.29) is 11.8 Å². The van der Waals surface area contributed by atoms with E-state index in [4.69, 9.17) is 17.3 Å². The predicted molar refractivity (Wildman–Crippen MR) is 75.2 cm³/mol. The number of benzene rings is 1. The number of rotatable bonds is 5. The highest BCUT2D eigenvalue weighted by molar-refractivity contribution is 9.10. The summed E-state index contributed by atoms with van der Waals surface area (Å²) in [4.78, 5) is 11.9. The topological polar surface area (TPSA) is 55.1 Å². The Kier molecular flexibility index (Phi) is 5.95. The van der Waals surface area contributed by atoms with E-state index in [2.05, 4.69) is 21.2 Å². The summed E-state index contributed by atoms with van der Waals surface area (Å²) < 4.78 is 0.821. The average molecular weight is 320 g/mol. The fourth-order valence-corrected chi connectivity index (χ4v) is 1.92. The van der Waals surface area contributed by atoms with Gasteiger partial charge in [-0.15, -0.1) is 0 Å². The van der Waals surface area contributed by atoms with E-state index in [9.17, 15) is 4.79 Å². The van der Waals surface area contributed by atoms with Gasteiger partial charge in [-0.05, 0) is 53.5 Å². The van der Waals surface area contributed by atoms with Gasteiger partial charge in [0.25, 0.3) is 0 Å². The fraction of sp³-hybridized carbons (Fsp3) is 0.417. The Bertz CT molecular complexity index is 398. The van der Waals surface area contributed by atoms with Gasteiger partial charge in [-0.25, -0.2) is 0 Å². The second-order valence-electron chi connectivity index (χ2n) is 3.95. The number of nitrogens with two attached hydrogens (primary N) is 1. The first-order chi connectivity index (χ1) is 8.04. The quantitative estimate of drug-likeness (QED) is 0.873. The van der Waals surface area contributed by atoms with E-state index < -0.39 is 0 Å². The highest BCUT2D eigenvalue weighted by Crippen LogP contribution is 2.26. The van der Waals surface area contributed by atoms with Crippen LogP contribution in [0.25, 0.3) is 0 Å². The molecule has 5 heteroatoms. The highest BCUT2D eigenvalue weighted by atomic mass is 79.9. The van der Waals surface area contributed by atoms with Crippen molar-refractivity contribution in [2.24, 2.45) is 11.7 Å². The first-order valence-corrected chi connectivity index (χ1v) is 6.67. The molecule has 1 aromatic rings. The van der Waals surface area contributed by atoms with E-state index in [1.54, 1.807) is 12.1 Å². The Hall–Kier alpha value is -0.580. The maximum Gasteiger partial charge on any atom is 0.227 e. The van der Waals surface area contributed by atoms with E-state index >= 15 is 0 Å². The number of carbonyl (C=O) groups excluding carboxylic acids is 1. The second-order valence-corrected chi connectivity index (χ2v) is 5.24. The van der Waals surface area contributed by atoms with Crippen LogP contribution in [0.1, 0.15) is 19.8 Å². The van der Waals surface area contributed by atoms with Crippen molar-refractivity contribution < 1.29 is 4.79 Å². The SMILES string of the molecule is CC(CCCN)C(=O)Nc1cc(Cl)ccc1Br. The molecule has 1 atom stereocenters. The Morgan fingerprint density at radius 2 is 2.29 bits per heavy atom. The molecule has 0 heterocycles. The minimum absolute atomic E-state index is 0.0126. The highest BCUT2D eigenvalue weighted by Gasteiger charge is 2.13. The minimum atomic E-state index is -0.0515. The fourth-order valence-electron chi connectivity index (χ4n) is 1.40. The molecule has 0 aliphatic rings. The number of amides is 1. The molecule has 17 heavy (non-hydrogen) atoms. The third kappa shape index (κ3) is 4.66. The van der Waals surface area contributed by atoms with Gasteiger partial charge in [-0.3, -0.25) is 4.79 Å². The predicted octanol–water partition coefficient (Wildman–Crippen LogP) is 3.42. The summed E-state index contributed by atoms with van der Waals surface area (Å²) >= 11 is 9.24. The largest absolute Gasteiger partial charge is 0.330 e. The van der Waals surface area contributed by atoms with Crippen LogP contribution in [0.15, 0.2) is 22.7 Å². The van der Waals surface area contributed by atoms with Gasteiger partial charge in [0.05, 0.1) is 5.69 Å². The van der Waals surface area contributed by atoms with Gasteiger partial charge >= 0.3 is 0 Å². The number of nitrogens with one attached hydrogen (secondary N) is 1. The summed E-state index contributed by atoms with van der Waals surface area (Å²) in [5.74, 6) is -0.0640. The summed E-state index contributed by atoms with van der Waals surface area (Å²) in [6.07, 6.45) is 1.64. The third-order valence-electron chi connectivity index (χ3n) is 2.48. The summed E-state index contributed by atoms with van der Waals surface area (Å²) in [7, 11) is 0. The lowest BCUT2D eigenvalue weighted by atomic mass is 10.0. The van der Waals surface area contributed by atoms with E-state index in [0.717, 1.165) is 17.3 Å². The van der Waals surface area contributed by atoms with Gasteiger partial charge in [0.2, 0.25) is 5.91 Å². The Morgan fingerprint density at radius 1 is 1.59 bits per heavy atom. The molecular formula is C12H16BrClN2O. The van der Waals surface area contributed by atoms with Crippen LogP contribution in [-0.2, 0) is 4.79 Å². The summed E-state index contributed by atoms with van der Waals surface area (Å²) in [5.41, 5.74) is 6.11. The molecule has 94 valence electrons. The molecular weight excluding hydrogens is 304 g/mol. The molecule has 0 saturated heterocycles. The molecule has 1 rings (SSSR count). The van der Waals surface area contributed by atoms with Crippen LogP contribution in [0, 0.1) is 5.92 Å². The smallest absolute Gasteiger partial charge is 0.227 e. The number of carbonyl (C=O) groups is 1. The van der Waals surface area contributed by atoms with E-state index in [1.165, 1.54) is 0 Å². The van der Waals surface area contributed by atoms with Crippen molar-refractivity contribution in [2.45, 2.75) is 19.8 Å². The number of halogens is 2. The molecule has 0 aromatic heterocycles. The lowest BCUT2D eigenvalue weighted by molar-refractivity contribution is -0.119.